The molecule has 1 amide bonds. The predicted octanol–water partition coefficient (Wildman–Crippen LogP) is 0.196. The molecule has 0 saturated heterocycles. The van der Waals surface area contributed by atoms with Gasteiger partial charge in [-0.1, -0.05) is 13.3 Å². The standard InChI is InChI=1S/C10H18N4O/c1-2-3-4-13-10(15)9(11)5-8-6-12-7-14-8/h6-7,9H,2-5,11H2,1H3,(H,12,14)(H,13,15)/t9-/m0/s1. The predicted molar refractivity (Wildman–Crippen MR) is 58.2 cm³/mol. The molecule has 4 N–H and O–H groups in total. The van der Waals surface area contributed by atoms with Crippen molar-refractivity contribution in [2.75, 3.05) is 6.54 Å². The molecule has 84 valence electrons. The van der Waals surface area contributed by atoms with E-state index in [-0.39, 0.29) is 5.91 Å². The molecule has 0 aliphatic rings. The molecule has 5 heteroatoms. The Labute approximate surface area is 89.5 Å². The van der Waals surface area contributed by atoms with E-state index in [1.807, 2.05) is 0 Å². The van der Waals surface area contributed by atoms with Crippen molar-refractivity contribution in [3.8, 4) is 0 Å². The first-order chi connectivity index (χ1) is 7.24. The third-order valence-electron chi connectivity index (χ3n) is 2.15. The molecule has 0 fully saturated rings. The monoisotopic (exact) mass is 210 g/mol. The molecule has 1 aromatic heterocycles. The number of carbonyl (C=O) groups is 1. The minimum atomic E-state index is -0.509. The third kappa shape index (κ3) is 4.12. The molecule has 1 heterocycles. The zero-order chi connectivity index (χ0) is 11.1. The summed E-state index contributed by atoms with van der Waals surface area (Å²) in [5.41, 5.74) is 6.54. The summed E-state index contributed by atoms with van der Waals surface area (Å²) >= 11 is 0. The van der Waals surface area contributed by atoms with Crippen LogP contribution in [0.4, 0.5) is 0 Å². The number of hydrogen-bond donors (Lipinski definition) is 3. The largest absolute Gasteiger partial charge is 0.355 e. The molecule has 5 nitrogen and oxygen atoms in total. The molecule has 0 aliphatic heterocycles. The number of amides is 1. The minimum Gasteiger partial charge on any atom is -0.355 e. The van der Waals surface area contributed by atoms with Crippen molar-refractivity contribution in [2.24, 2.45) is 5.73 Å². The molecule has 0 aliphatic carbocycles. The van der Waals surface area contributed by atoms with Crippen LogP contribution in [0.15, 0.2) is 12.5 Å². The van der Waals surface area contributed by atoms with Crippen LogP contribution in [-0.4, -0.2) is 28.5 Å². The van der Waals surface area contributed by atoms with E-state index in [0.717, 1.165) is 18.5 Å². The summed E-state index contributed by atoms with van der Waals surface area (Å²) in [6, 6.07) is -0.509. The van der Waals surface area contributed by atoms with Gasteiger partial charge in [-0.3, -0.25) is 4.79 Å². The van der Waals surface area contributed by atoms with Gasteiger partial charge in [-0.2, -0.15) is 0 Å². The Morgan fingerprint density at radius 3 is 3.13 bits per heavy atom. The van der Waals surface area contributed by atoms with Crippen LogP contribution in [0.2, 0.25) is 0 Å². The molecule has 0 saturated carbocycles. The highest BCUT2D eigenvalue weighted by molar-refractivity contribution is 5.81. The average Bonchev–Trinajstić information content (AvgIpc) is 2.70. The van der Waals surface area contributed by atoms with Crippen LogP contribution in [0.3, 0.4) is 0 Å². The maximum absolute atomic E-state index is 11.5. The van der Waals surface area contributed by atoms with Crippen LogP contribution in [-0.2, 0) is 11.2 Å². The van der Waals surface area contributed by atoms with Gasteiger partial charge in [-0.25, -0.2) is 4.98 Å². The smallest absolute Gasteiger partial charge is 0.237 e. The Balaban J connectivity index is 2.27. The number of H-pyrrole nitrogens is 1. The average molecular weight is 210 g/mol. The lowest BCUT2D eigenvalue weighted by molar-refractivity contribution is -0.122. The summed E-state index contributed by atoms with van der Waals surface area (Å²) in [6.45, 7) is 2.78. The van der Waals surface area contributed by atoms with Gasteiger partial charge in [0, 0.05) is 19.2 Å². The van der Waals surface area contributed by atoms with E-state index in [0.29, 0.717) is 13.0 Å². The van der Waals surface area contributed by atoms with E-state index in [1.54, 1.807) is 12.5 Å². The number of aromatic amines is 1. The van der Waals surface area contributed by atoms with E-state index < -0.39 is 6.04 Å². The Morgan fingerprint density at radius 2 is 2.53 bits per heavy atom. The summed E-state index contributed by atoms with van der Waals surface area (Å²) in [5, 5.41) is 2.79. The highest BCUT2D eigenvalue weighted by atomic mass is 16.2. The number of imidazole rings is 1. The van der Waals surface area contributed by atoms with Crippen molar-refractivity contribution in [2.45, 2.75) is 32.2 Å². The maximum Gasteiger partial charge on any atom is 0.237 e. The molecule has 1 atom stereocenters. The summed E-state index contributed by atoms with van der Waals surface area (Å²) in [7, 11) is 0. The van der Waals surface area contributed by atoms with Crippen LogP contribution in [0.25, 0.3) is 0 Å². The fraction of sp³-hybridized carbons (Fsp3) is 0.600. The van der Waals surface area contributed by atoms with Gasteiger partial charge in [0.15, 0.2) is 0 Å². The van der Waals surface area contributed by atoms with Gasteiger partial charge < -0.3 is 16.0 Å². The van der Waals surface area contributed by atoms with Crippen molar-refractivity contribution in [1.82, 2.24) is 15.3 Å². The Kier molecular flexibility index (Phi) is 4.83. The summed E-state index contributed by atoms with van der Waals surface area (Å²) in [5.74, 6) is -0.105. The van der Waals surface area contributed by atoms with Crippen LogP contribution in [0.1, 0.15) is 25.5 Å². The molecule has 1 rings (SSSR count). The van der Waals surface area contributed by atoms with Crippen LogP contribution in [0, 0.1) is 0 Å². The molecule has 0 spiro atoms. The zero-order valence-electron chi connectivity index (χ0n) is 8.99. The van der Waals surface area contributed by atoms with Gasteiger partial charge >= 0.3 is 0 Å². The molecule has 0 radical (unpaired) electrons. The van der Waals surface area contributed by atoms with Crippen LogP contribution < -0.4 is 11.1 Å². The molecule has 15 heavy (non-hydrogen) atoms. The Bertz CT molecular complexity index is 284. The number of rotatable bonds is 6. The van der Waals surface area contributed by atoms with Crippen molar-refractivity contribution >= 4 is 5.91 Å². The first-order valence-corrected chi connectivity index (χ1v) is 5.25. The van der Waals surface area contributed by atoms with Gasteiger partial charge in [0.2, 0.25) is 5.91 Å². The highest BCUT2D eigenvalue weighted by Crippen LogP contribution is 1.96. The second-order valence-electron chi connectivity index (χ2n) is 3.52. The lowest BCUT2D eigenvalue weighted by atomic mass is 10.1. The molecular weight excluding hydrogens is 192 g/mol. The van der Waals surface area contributed by atoms with Crippen molar-refractivity contribution in [3.63, 3.8) is 0 Å². The topological polar surface area (TPSA) is 83.8 Å². The summed E-state index contributed by atoms with van der Waals surface area (Å²) in [6.07, 6.45) is 5.85. The van der Waals surface area contributed by atoms with E-state index in [4.69, 9.17) is 5.73 Å². The summed E-state index contributed by atoms with van der Waals surface area (Å²) < 4.78 is 0. The van der Waals surface area contributed by atoms with E-state index >= 15 is 0 Å². The van der Waals surface area contributed by atoms with E-state index in [1.165, 1.54) is 0 Å². The number of nitrogens with one attached hydrogen (secondary N) is 2. The van der Waals surface area contributed by atoms with Crippen LogP contribution in [0.5, 0.6) is 0 Å². The van der Waals surface area contributed by atoms with Gasteiger partial charge in [0.05, 0.1) is 18.1 Å². The van der Waals surface area contributed by atoms with Gasteiger partial charge in [-0.05, 0) is 6.42 Å². The Morgan fingerprint density at radius 1 is 1.73 bits per heavy atom. The van der Waals surface area contributed by atoms with E-state index in [2.05, 4.69) is 22.2 Å². The van der Waals surface area contributed by atoms with Gasteiger partial charge in [0.25, 0.3) is 0 Å². The van der Waals surface area contributed by atoms with Crippen molar-refractivity contribution in [3.05, 3.63) is 18.2 Å². The minimum absolute atomic E-state index is 0.105. The van der Waals surface area contributed by atoms with Gasteiger partial charge in [0.1, 0.15) is 0 Å². The number of nitrogens with zero attached hydrogens (tertiary/aromatic N) is 1. The molecule has 0 bridgehead atoms. The van der Waals surface area contributed by atoms with Crippen molar-refractivity contribution < 1.29 is 4.79 Å². The molecular formula is C10H18N4O. The highest BCUT2D eigenvalue weighted by Gasteiger charge is 2.13. The lowest BCUT2D eigenvalue weighted by Gasteiger charge is -2.10. The number of carbonyl (C=O) groups excluding carboxylic acids is 1. The number of hydrogen-bond acceptors (Lipinski definition) is 3. The number of unbranched alkanes of at least 4 members (excludes halogenated alkanes) is 1. The van der Waals surface area contributed by atoms with E-state index in [9.17, 15) is 4.79 Å². The van der Waals surface area contributed by atoms with Crippen LogP contribution >= 0.6 is 0 Å². The molecule has 1 aromatic rings. The first-order valence-electron chi connectivity index (χ1n) is 5.25. The third-order valence-corrected chi connectivity index (χ3v) is 2.15. The SMILES string of the molecule is CCCCNC(=O)[C@@H](N)Cc1c[nH]cn1. The first kappa shape index (κ1) is 11.7. The number of aromatic nitrogens is 2. The van der Waals surface area contributed by atoms with Gasteiger partial charge in [-0.15, -0.1) is 0 Å². The summed E-state index contributed by atoms with van der Waals surface area (Å²) in [4.78, 5) is 18.3. The second-order valence-corrected chi connectivity index (χ2v) is 3.52. The normalized spacial score (nSPS) is 12.4. The maximum atomic E-state index is 11.5. The molecule has 0 aromatic carbocycles. The fourth-order valence-corrected chi connectivity index (χ4v) is 1.24. The second kappa shape index (κ2) is 6.19. The quantitative estimate of drug-likeness (QED) is 0.586. The number of nitrogens with two attached hydrogens (primary N) is 1. The van der Waals surface area contributed by atoms with Crippen molar-refractivity contribution in [1.29, 1.82) is 0 Å². The zero-order valence-corrected chi connectivity index (χ0v) is 8.99. The fourth-order valence-electron chi connectivity index (χ4n) is 1.24. The lowest BCUT2D eigenvalue weighted by Crippen LogP contribution is -2.42. The Hall–Kier alpha value is -1.36. The molecule has 0 unspecified atom stereocenters.